The minimum atomic E-state index is -0.381. The summed E-state index contributed by atoms with van der Waals surface area (Å²) in [5.41, 5.74) is 1.30. The van der Waals surface area contributed by atoms with Crippen molar-refractivity contribution in [1.29, 1.82) is 5.26 Å². The third-order valence-corrected chi connectivity index (χ3v) is 2.98. The molecule has 0 unspecified atom stereocenters. The first-order chi connectivity index (χ1) is 9.52. The number of hydrogen-bond donors (Lipinski definition) is 0. The molecule has 0 fully saturated rings. The molecular formula is C15H14FN3O. The molecule has 2 aromatic rings. The number of likely N-dealkylation sites (N-methyl/N-ethyl adjacent to an activating group) is 1. The molecule has 0 N–H and O–H groups in total. The zero-order valence-electron chi connectivity index (χ0n) is 11.3. The monoisotopic (exact) mass is 271 g/mol. The minimum Gasteiger partial charge on any atom is -0.347 e. The first-order valence-corrected chi connectivity index (χ1v) is 6.08. The topological polar surface area (TPSA) is 49.0 Å². The lowest BCUT2D eigenvalue weighted by atomic mass is 10.1. The summed E-state index contributed by atoms with van der Waals surface area (Å²) < 4.78 is 15.5. The smallest absolute Gasteiger partial charge is 0.241 e. The molecule has 5 heteroatoms. The number of rotatable bonds is 3. The molecule has 1 aromatic carbocycles. The highest BCUT2D eigenvalue weighted by molar-refractivity contribution is 5.77. The van der Waals surface area contributed by atoms with Gasteiger partial charge in [0.05, 0.1) is 11.3 Å². The van der Waals surface area contributed by atoms with Crippen LogP contribution in [-0.4, -0.2) is 29.5 Å². The van der Waals surface area contributed by atoms with Gasteiger partial charge in [0.2, 0.25) is 5.91 Å². The van der Waals surface area contributed by atoms with E-state index in [2.05, 4.69) is 0 Å². The minimum absolute atomic E-state index is 0.0678. The summed E-state index contributed by atoms with van der Waals surface area (Å²) in [4.78, 5) is 13.3. The molecule has 2 rings (SSSR count). The van der Waals surface area contributed by atoms with Gasteiger partial charge in [-0.3, -0.25) is 4.79 Å². The SMILES string of the molecule is CN(C)C(=O)Cn1cc(C#N)cc1-c1ccccc1F. The second-order valence-electron chi connectivity index (χ2n) is 4.62. The van der Waals surface area contributed by atoms with Crippen LogP contribution < -0.4 is 0 Å². The highest BCUT2D eigenvalue weighted by Gasteiger charge is 2.14. The number of amides is 1. The molecule has 102 valence electrons. The fourth-order valence-corrected chi connectivity index (χ4v) is 1.89. The van der Waals surface area contributed by atoms with Crippen LogP contribution >= 0.6 is 0 Å². The predicted molar refractivity (Wildman–Crippen MR) is 73.2 cm³/mol. The molecule has 0 radical (unpaired) electrons. The Morgan fingerprint density at radius 3 is 2.70 bits per heavy atom. The number of hydrogen-bond acceptors (Lipinski definition) is 2. The van der Waals surface area contributed by atoms with Crippen molar-refractivity contribution in [2.45, 2.75) is 6.54 Å². The van der Waals surface area contributed by atoms with Gasteiger partial charge < -0.3 is 9.47 Å². The fourth-order valence-electron chi connectivity index (χ4n) is 1.89. The van der Waals surface area contributed by atoms with E-state index >= 15 is 0 Å². The van der Waals surface area contributed by atoms with Crippen LogP contribution in [0.2, 0.25) is 0 Å². The zero-order valence-corrected chi connectivity index (χ0v) is 11.3. The lowest BCUT2D eigenvalue weighted by molar-refractivity contribution is -0.129. The van der Waals surface area contributed by atoms with E-state index in [1.54, 1.807) is 49.1 Å². The van der Waals surface area contributed by atoms with Crippen molar-refractivity contribution < 1.29 is 9.18 Å². The number of aromatic nitrogens is 1. The van der Waals surface area contributed by atoms with Gasteiger partial charge in [-0.15, -0.1) is 0 Å². The van der Waals surface area contributed by atoms with Crippen LogP contribution in [0.4, 0.5) is 4.39 Å². The molecule has 0 bridgehead atoms. The lowest BCUT2D eigenvalue weighted by Gasteiger charge is -2.13. The summed E-state index contributed by atoms with van der Waals surface area (Å²) in [6.45, 7) is 0.0678. The van der Waals surface area contributed by atoms with Gasteiger partial charge in [-0.05, 0) is 18.2 Å². The molecular weight excluding hydrogens is 257 g/mol. The Hall–Kier alpha value is -2.61. The van der Waals surface area contributed by atoms with Crippen LogP contribution in [-0.2, 0) is 11.3 Å². The summed E-state index contributed by atoms with van der Waals surface area (Å²) in [6, 6.07) is 9.89. The Morgan fingerprint density at radius 2 is 2.10 bits per heavy atom. The van der Waals surface area contributed by atoms with Crippen LogP contribution in [0, 0.1) is 17.1 Å². The van der Waals surface area contributed by atoms with Crippen LogP contribution in [0.1, 0.15) is 5.56 Å². The largest absolute Gasteiger partial charge is 0.347 e. The summed E-state index contributed by atoms with van der Waals surface area (Å²) in [5, 5.41) is 8.98. The Labute approximate surface area is 116 Å². The molecule has 0 spiro atoms. The molecule has 0 aliphatic carbocycles. The van der Waals surface area contributed by atoms with Crippen LogP contribution in [0.3, 0.4) is 0 Å². The summed E-state index contributed by atoms with van der Waals surface area (Å²) in [5.74, 6) is -0.503. The van der Waals surface area contributed by atoms with E-state index in [9.17, 15) is 9.18 Å². The first-order valence-electron chi connectivity index (χ1n) is 6.08. The Balaban J connectivity index is 2.48. The Morgan fingerprint density at radius 1 is 1.40 bits per heavy atom. The molecule has 0 aliphatic heterocycles. The summed E-state index contributed by atoms with van der Waals surface area (Å²) >= 11 is 0. The third kappa shape index (κ3) is 2.69. The molecule has 0 aliphatic rings. The van der Waals surface area contributed by atoms with Crippen molar-refractivity contribution >= 4 is 5.91 Å². The maximum atomic E-state index is 13.9. The Kier molecular flexibility index (Phi) is 3.85. The van der Waals surface area contributed by atoms with E-state index in [1.165, 1.54) is 11.0 Å². The molecule has 0 saturated heterocycles. The lowest BCUT2D eigenvalue weighted by Crippen LogP contribution is -2.26. The standard InChI is InChI=1S/C15H14FN3O/c1-18(2)15(20)10-19-9-11(8-17)7-14(19)12-5-3-4-6-13(12)16/h3-7,9H,10H2,1-2H3. The number of carbonyl (C=O) groups excluding carboxylic acids is 1. The second-order valence-corrected chi connectivity index (χ2v) is 4.62. The van der Waals surface area contributed by atoms with E-state index in [1.807, 2.05) is 6.07 Å². The molecule has 20 heavy (non-hydrogen) atoms. The maximum absolute atomic E-state index is 13.9. The fraction of sp³-hybridized carbons (Fsp3) is 0.200. The molecule has 1 heterocycles. The predicted octanol–water partition coefficient (Wildman–Crippen LogP) is 2.25. The van der Waals surface area contributed by atoms with Gasteiger partial charge in [0.25, 0.3) is 0 Å². The van der Waals surface area contributed by atoms with E-state index < -0.39 is 0 Å². The van der Waals surface area contributed by atoms with Crippen LogP contribution in [0.15, 0.2) is 36.5 Å². The average molecular weight is 271 g/mol. The van der Waals surface area contributed by atoms with Crippen molar-refractivity contribution in [3.05, 3.63) is 47.9 Å². The van der Waals surface area contributed by atoms with Gasteiger partial charge in [0.15, 0.2) is 0 Å². The normalized spacial score (nSPS) is 10.1. The van der Waals surface area contributed by atoms with Gasteiger partial charge in [-0.1, -0.05) is 12.1 Å². The van der Waals surface area contributed by atoms with E-state index in [-0.39, 0.29) is 18.3 Å². The van der Waals surface area contributed by atoms with Crippen LogP contribution in [0.25, 0.3) is 11.3 Å². The quantitative estimate of drug-likeness (QED) is 0.859. The number of benzene rings is 1. The number of nitriles is 1. The highest BCUT2D eigenvalue weighted by atomic mass is 19.1. The second kappa shape index (κ2) is 5.57. The molecule has 0 atom stereocenters. The number of halogens is 1. The third-order valence-electron chi connectivity index (χ3n) is 2.98. The molecule has 0 saturated carbocycles. The summed E-state index contributed by atoms with van der Waals surface area (Å²) in [7, 11) is 3.31. The van der Waals surface area contributed by atoms with Gasteiger partial charge >= 0.3 is 0 Å². The molecule has 4 nitrogen and oxygen atoms in total. The molecule has 1 amide bonds. The van der Waals surface area contributed by atoms with Crippen LogP contribution in [0.5, 0.6) is 0 Å². The van der Waals surface area contributed by atoms with Crippen molar-refractivity contribution in [3.8, 4) is 17.3 Å². The van der Waals surface area contributed by atoms with Gasteiger partial charge in [-0.25, -0.2) is 4.39 Å². The molecule has 1 aromatic heterocycles. The Bertz CT molecular complexity index is 683. The van der Waals surface area contributed by atoms with E-state index in [0.717, 1.165) is 0 Å². The van der Waals surface area contributed by atoms with Crippen molar-refractivity contribution in [2.24, 2.45) is 0 Å². The number of carbonyl (C=O) groups is 1. The van der Waals surface area contributed by atoms with Gasteiger partial charge in [0.1, 0.15) is 18.4 Å². The average Bonchev–Trinajstić information content (AvgIpc) is 2.82. The van der Waals surface area contributed by atoms with Gasteiger partial charge in [-0.2, -0.15) is 5.26 Å². The zero-order chi connectivity index (χ0) is 14.7. The highest BCUT2D eigenvalue weighted by Crippen LogP contribution is 2.25. The number of nitrogens with zero attached hydrogens (tertiary/aromatic N) is 3. The van der Waals surface area contributed by atoms with Crippen molar-refractivity contribution in [3.63, 3.8) is 0 Å². The first kappa shape index (κ1) is 13.8. The van der Waals surface area contributed by atoms with Crippen molar-refractivity contribution in [2.75, 3.05) is 14.1 Å². The van der Waals surface area contributed by atoms with E-state index in [4.69, 9.17) is 5.26 Å². The van der Waals surface area contributed by atoms with Crippen molar-refractivity contribution in [1.82, 2.24) is 9.47 Å². The van der Waals surface area contributed by atoms with Gasteiger partial charge in [0, 0.05) is 25.9 Å². The maximum Gasteiger partial charge on any atom is 0.241 e. The van der Waals surface area contributed by atoms with E-state index in [0.29, 0.717) is 16.8 Å². The summed E-state index contributed by atoms with van der Waals surface area (Å²) in [6.07, 6.45) is 1.56.